The summed E-state index contributed by atoms with van der Waals surface area (Å²) in [5.41, 5.74) is 1.97. The molecule has 0 aliphatic heterocycles. The lowest BCUT2D eigenvalue weighted by molar-refractivity contribution is -0.121. The monoisotopic (exact) mass is 384 g/mol. The molecule has 1 aromatic carbocycles. The number of thiophene rings is 1. The fourth-order valence-electron chi connectivity index (χ4n) is 2.82. The fourth-order valence-corrected chi connectivity index (χ4v) is 3.51. The average molecular weight is 385 g/mol. The Labute approximate surface area is 163 Å². The van der Waals surface area contributed by atoms with E-state index in [0.29, 0.717) is 35.9 Å². The highest BCUT2D eigenvalue weighted by atomic mass is 32.1. The molecule has 2 amide bonds. The average Bonchev–Trinajstić information content (AvgIpc) is 3.39. The zero-order valence-electron chi connectivity index (χ0n) is 15.2. The van der Waals surface area contributed by atoms with E-state index < -0.39 is 0 Å². The molecule has 1 heterocycles. The van der Waals surface area contributed by atoms with E-state index in [4.69, 9.17) is 0 Å². The van der Waals surface area contributed by atoms with E-state index in [2.05, 4.69) is 10.6 Å². The Kier molecular flexibility index (Phi) is 6.76. The van der Waals surface area contributed by atoms with Crippen LogP contribution in [0.2, 0.25) is 0 Å². The summed E-state index contributed by atoms with van der Waals surface area (Å²) < 4.78 is 0. The minimum Gasteiger partial charge on any atom is -0.356 e. The summed E-state index contributed by atoms with van der Waals surface area (Å²) >= 11 is 1.39. The SMILES string of the molecule is O=C(CCC(=O)c1cccs1)NCCCNC(=O)c1ccc(C2CC2)cc1. The molecule has 0 radical (unpaired) electrons. The topological polar surface area (TPSA) is 75.3 Å². The second kappa shape index (κ2) is 9.46. The number of ketones is 1. The van der Waals surface area contributed by atoms with Gasteiger partial charge in [-0.05, 0) is 54.3 Å². The first-order valence-electron chi connectivity index (χ1n) is 9.35. The van der Waals surface area contributed by atoms with Crippen LogP contribution in [0.3, 0.4) is 0 Å². The van der Waals surface area contributed by atoms with Gasteiger partial charge in [-0.2, -0.15) is 0 Å². The van der Waals surface area contributed by atoms with Crippen molar-refractivity contribution in [3.8, 4) is 0 Å². The number of hydrogen-bond donors (Lipinski definition) is 2. The number of Topliss-reactive ketones (excluding diaryl/α,β-unsaturated/α-hetero) is 1. The van der Waals surface area contributed by atoms with Crippen molar-refractivity contribution in [2.75, 3.05) is 13.1 Å². The zero-order valence-corrected chi connectivity index (χ0v) is 16.0. The molecule has 6 heteroatoms. The maximum absolute atomic E-state index is 12.1. The Hall–Kier alpha value is -2.47. The number of rotatable bonds is 10. The summed E-state index contributed by atoms with van der Waals surface area (Å²) in [4.78, 5) is 36.4. The first-order valence-corrected chi connectivity index (χ1v) is 10.2. The molecule has 1 aliphatic rings. The van der Waals surface area contributed by atoms with Gasteiger partial charge in [0.15, 0.2) is 5.78 Å². The van der Waals surface area contributed by atoms with Crippen molar-refractivity contribution < 1.29 is 14.4 Å². The van der Waals surface area contributed by atoms with Gasteiger partial charge in [0.25, 0.3) is 5.91 Å². The van der Waals surface area contributed by atoms with Gasteiger partial charge in [-0.25, -0.2) is 0 Å². The van der Waals surface area contributed by atoms with Crippen LogP contribution in [-0.2, 0) is 4.79 Å². The zero-order chi connectivity index (χ0) is 19.1. The van der Waals surface area contributed by atoms with Crippen molar-refractivity contribution in [2.45, 2.75) is 38.0 Å². The fraction of sp³-hybridized carbons (Fsp3) is 0.381. The van der Waals surface area contributed by atoms with Gasteiger partial charge in [0.1, 0.15) is 0 Å². The van der Waals surface area contributed by atoms with Crippen LogP contribution in [0.1, 0.15) is 63.6 Å². The van der Waals surface area contributed by atoms with Crippen molar-refractivity contribution in [2.24, 2.45) is 0 Å². The van der Waals surface area contributed by atoms with Gasteiger partial charge in [-0.3, -0.25) is 14.4 Å². The largest absolute Gasteiger partial charge is 0.356 e. The third kappa shape index (κ3) is 6.03. The molecule has 0 unspecified atom stereocenters. The number of benzene rings is 1. The summed E-state index contributed by atoms with van der Waals surface area (Å²) in [6.07, 6.45) is 3.56. The Bertz CT molecular complexity index is 780. The predicted octanol–water partition coefficient (Wildman–Crippen LogP) is 3.52. The van der Waals surface area contributed by atoms with Crippen LogP contribution in [0, 0.1) is 0 Å². The Morgan fingerprint density at radius 3 is 2.37 bits per heavy atom. The molecule has 2 aromatic rings. The highest BCUT2D eigenvalue weighted by Gasteiger charge is 2.23. The molecule has 2 N–H and O–H groups in total. The van der Waals surface area contributed by atoms with Gasteiger partial charge in [0, 0.05) is 31.5 Å². The van der Waals surface area contributed by atoms with E-state index in [1.807, 2.05) is 35.7 Å². The number of amides is 2. The van der Waals surface area contributed by atoms with E-state index in [9.17, 15) is 14.4 Å². The smallest absolute Gasteiger partial charge is 0.251 e. The van der Waals surface area contributed by atoms with Crippen molar-refractivity contribution in [3.63, 3.8) is 0 Å². The number of carbonyl (C=O) groups is 3. The molecule has 1 saturated carbocycles. The minimum atomic E-state index is -0.137. The van der Waals surface area contributed by atoms with Crippen molar-refractivity contribution in [3.05, 3.63) is 57.8 Å². The van der Waals surface area contributed by atoms with Crippen LogP contribution < -0.4 is 10.6 Å². The van der Waals surface area contributed by atoms with Crippen LogP contribution in [0.25, 0.3) is 0 Å². The number of carbonyl (C=O) groups excluding carboxylic acids is 3. The second-order valence-electron chi connectivity index (χ2n) is 6.76. The van der Waals surface area contributed by atoms with E-state index in [1.165, 1.54) is 29.7 Å². The predicted molar refractivity (Wildman–Crippen MR) is 106 cm³/mol. The van der Waals surface area contributed by atoms with E-state index in [1.54, 1.807) is 6.07 Å². The Balaban J connectivity index is 1.26. The molecule has 0 bridgehead atoms. The maximum atomic E-state index is 12.1. The van der Waals surface area contributed by atoms with Crippen LogP contribution in [0.4, 0.5) is 0 Å². The Morgan fingerprint density at radius 1 is 0.963 bits per heavy atom. The van der Waals surface area contributed by atoms with E-state index >= 15 is 0 Å². The van der Waals surface area contributed by atoms with Crippen molar-refractivity contribution >= 4 is 28.9 Å². The normalized spacial score (nSPS) is 13.2. The van der Waals surface area contributed by atoms with Crippen LogP contribution in [0.5, 0.6) is 0 Å². The standard InChI is InChI=1S/C21H24N2O3S/c24-18(19-3-1-14-27-19)10-11-20(25)22-12-2-13-23-21(26)17-8-6-16(7-9-17)15-4-5-15/h1,3,6-9,14-15H,2,4-5,10-13H2,(H,22,25)(H,23,26). The summed E-state index contributed by atoms with van der Waals surface area (Å²) in [7, 11) is 0. The van der Waals surface area contributed by atoms with Gasteiger partial charge in [0.05, 0.1) is 4.88 Å². The first-order chi connectivity index (χ1) is 13.1. The van der Waals surface area contributed by atoms with Crippen LogP contribution in [0.15, 0.2) is 41.8 Å². The Morgan fingerprint density at radius 2 is 1.70 bits per heavy atom. The molecule has 1 aromatic heterocycles. The van der Waals surface area contributed by atoms with Crippen LogP contribution in [-0.4, -0.2) is 30.7 Å². The number of nitrogens with one attached hydrogen (secondary N) is 2. The van der Waals surface area contributed by atoms with E-state index in [0.717, 1.165) is 0 Å². The van der Waals surface area contributed by atoms with Gasteiger partial charge >= 0.3 is 0 Å². The quantitative estimate of drug-likeness (QED) is 0.486. The lowest BCUT2D eigenvalue weighted by atomic mass is 10.1. The summed E-state index contributed by atoms with van der Waals surface area (Å²) in [5, 5.41) is 7.50. The third-order valence-corrected chi connectivity index (χ3v) is 5.47. The van der Waals surface area contributed by atoms with E-state index in [-0.39, 0.29) is 30.4 Å². The molecule has 0 spiro atoms. The van der Waals surface area contributed by atoms with Gasteiger partial charge < -0.3 is 10.6 Å². The molecule has 0 saturated heterocycles. The molecule has 0 atom stereocenters. The van der Waals surface area contributed by atoms with Gasteiger partial charge in [-0.1, -0.05) is 18.2 Å². The van der Waals surface area contributed by atoms with Crippen LogP contribution >= 0.6 is 11.3 Å². The van der Waals surface area contributed by atoms with Crippen molar-refractivity contribution in [1.82, 2.24) is 10.6 Å². The molecule has 142 valence electrons. The summed E-state index contributed by atoms with van der Waals surface area (Å²) in [5.74, 6) is 0.457. The van der Waals surface area contributed by atoms with Gasteiger partial charge in [0.2, 0.25) is 5.91 Å². The van der Waals surface area contributed by atoms with Crippen molar-refractivity contribution in [1.29, 1.82) is 0 Å². The molecule has 27 heavy (non-hydrogen) atoms. The van der Waals surface area contributed by atoms with Gasteiger partial charge in [-0.15, -0.1) is 11.3 Å². The molecule has 1 aliphatic carbocycles. The third-order valence-electron chi connectivity index (χ3n) is 4.56. The second-order valence-corrected chi connectivity index (χ2v) is 7.70. The minimum absolute atomic E-state index is 0.000109. The lowest BCUT2D eigenvalue weighted by Crippen LogP contribution is -2.30. The number of hydrogen-bond acceptors (Lipinski definition) is 4. The highest BCUT2D eigenvalue weighted by Crippen LogP contribution is 2.39. The molecular formula is C21H24N2O3S. The molecular weight excluding hydrogens is 360 g/mol. The summed E-state index contributed by atoms with van der Waals surface area (Å²) in [6, 6.07) is 11.4. The molecule has 1 fully saturated rings. The molecule has 5 nitrogen and oxygen atoms in total. The highest BCUT2D eigenvalue weighted by molar-refractivity contribution is 7.12. The lowest BCUT2D eigenvalue weighted by Gasteiger charge is -2.07. The molecule has 3 rings (SSSR count). The summed E-state index contributed by atoms with van der Waals surface area (Å²) in [6.45, 7) is 0.977. The first kappa shape index (κ1) is 19.3. The maximum Gasteiger partial charge on any atom is 0.251 e.